The summed E-state index contributed by atoms with van der Waals surface area (Å²) >= 11 is 14.3. The summed E-state index contributed by atoms with van der Waals surface area (Å²) in [4.78, 5) is 138. The van der Waals surface area contributed by atoms with Crippen molar-refractivity contribution in [3.05, 3.63) is 122 Å². The zero-order valence-corrected chi connectivity index (χ0v) is 71.6. The quantitative estimate of drug-likeness (QED) is 0.0222. The first kappa shape index (κ1) is 97.2. The molecule has 38 nitrogen and oxygen atoms in total. The average molecular weight is 1800 g/mol. The van der Waals surface area contributed by atoms with Gasteiger partial charge in [-0.05, 0) is 123 Å². The minimum absolute atomic E-state index is 0.0204. The second kappa shape index (κ2) is 43.5. The van der Waals surface area contributed by atoms with E-state index in [1.165, 1.54) is 75.5 Å². The van der Waals surface area contributed by atoms with Crippen molar-refractivity contribution in [2.24, 2.45) is 11.7 Å². The van der Waals surface area contributed by atoms with Gasteiger partial charge in [-0.2, -0.15) is 0 Å². The lowest BCUT2D eigenvalue weighted by Crippen LogP contribution is -2.65. The van der Waals surface area contributed by atoms with Crippen LogP contribution in [0.15, 0.2) is 72.8 Å². The van der Waals surface area contributed by atoms with Crippen molar-refractivity contribution in [3.63, 3.8) is 0 Å². The number of amides is 7. The number of carboxylic acids is 1. The molecule has 5 aromatic rings. The molecular weight excluding hydrogens is 1680 g/mol. The Morgan fingerprint density at radius 1 is 0.685 bits per heavy atom. The van der Waals surface area contributed by atoms with Crippen LogP contribution < -0.4 is 68.4 Å². The Morgan fingerprint density at radius 2 is 1.30 bits per heavy atom. The Balaban J connectivity index is 1.14. The fourth-order valence-electron chi connectivity index (χ4n) is 15.7. The van der Waals surface area contributed by atoms with Crippen molar-refractivity contribution in [1.29, 1.82) is 0 Å². The Morgan fingerprint density at radius 3 is 1.90 bits per heavy atom. The number of aromatic hydroxyl groups is 3. The number of phenolic OH excluding ortho intramolecular Hbond substituents is 3. The molecule has 7 amide bonds. The van der Waals surface area contributed by atoms with Crippen molar-refractivity contribution < 1.29 is 132 Å². The molecule has 5 aromatic carbocycles. The molecule has 24 N–H and O–H groups in total. The number of benzene rings is 5. The van der Waals surface area contributed by atoms with E-state index in [0.717, 1.165) is 62.2 Å². The molecule has 0 spiro atoms. The minimum atomic E-state index is -4.84. The fourth-order valence-corrected chi connectivity index (χ4v) is 16.5. The van der Waals surface area contributed by atoms with Crippen molar-refractivity contribution in [2.45, 2.75) is 240 Å². The molecular formula is C83H112Cl2N11O27P. The smallest absolute Gasteiger partial charge is 0.339 e. The van der Waals surface area contributed by atoms with Crippen molar-refractivity contribution in [1.82, 2.24) is 53.2 Å². The second-order valence-corrected chi connectivity index (χ2v) is 34.9. The number of aliphatic hydroxyl groups is 6. The standard InChI is InChI=1S/C83H112Cl2N11O27P/c1-7-8-9-10-11-12-13-14-21-88-22-23-90-83(5)34-65(119-40(4)74(83)106)123-73-72(105)71(104)63(36-97)122-82(73)118-37-48-61-28-44-29-62(48)121-60-20-17-42(27-50(60)85)57(100)32-53-77(109)96-69(81(113)114)46-30-58(101)47(35-89-38-124(115,116)117)70(103)66(46)45-25-43(15-18-55(45)98)67(79(111)93-53)95-80(112)68(44)94-78(110)54(33-64(86)102)92-76(108)52(91-75(107)51(87-6)24-39(2)3)31-56(99)41-16-19-59(120-61)49(84)26-41/h15-20,25-30,39-40,51-54,56-57,63,65,67-69,71-74,82,87-90,97-101,103-106H,7-14,21-24,31-38H2,1-6H3,(H2,86,102)(H,91,107)(H,92,108)(H,93,111)(H,94,110)(H,95,112)(H,96,109)(H,113,114)(H2,115,116,117)/t40-,51+,52+,53-,54-,56-,57-,63+,65-,67+,68+,69-,71+,72-,73+,74+,82+,83-/m0/s1. The number of nitrogens with one attached hydrogen (secondary N) is 10. The molecule has 41 heteroatoms. The van der Waals surface area contributed by atoms with E-state index in [4.69, 9.17) is 57.4 Å². The third-order valence-electron chi connectivity index (χ3n) is 22.5. The van der Waals surface area contributed by atoms with Gasteiger partial charge < -0.3 is 148 Å². The molecule has 11 bridgehead atoms. The molecule has 7 aliphatic rings. The molecule has 0 aromatic heterocycles. The highest BCUT2D eigenvalue weighted by molar-refractivity contribution is 7.51. The van der Waals surface area contributed by atoms with Crippen LogP contribution in [0.5, 0.6) is 40.2 Å². The number of aliphatic carboxylic acids is 1. The number of hydrogen-bond acceptors (Lipinski definition) is 28. The zero-order valence-electron chi connectivity index (χ0n) is 69.2. The number of phenols is 3. The van der Waals surface area contributed by atoms with Crippen molar-refractivity contribution in [3.8, 4) is 51.4 Å². The van der Waals surface area contributed by atoms with E-state index in [0.29, 0.717) is 13.1 Å². The van der Waals surface area contributed by atoms with Gasteiger partial charge in [-0.3, -0.25) is 38.1 Å². The maximum Gasteiger partial charge on any atom is 0.339 e. The summed E-state index contributed by atoms with van der Waals surface area (Å²) in [5.74, 6) is -15.0. The summed E-state index contributed by atoms with van der Waals surface area (Å²) in [6, 6.07) is -0.303. The van der Waals surface area contributed by atoms with Crippen LogP contribution in [0, 0.1) is 5.92 Å². The first-order valence-corrected chi connectivity index (χ1v) is 43.7. The summed E-state index contributed by atoms with van der Waals surface area (Å²) in [7, 11) is -3.34. The van der Waals surface area contributed by atoms with E-state index in [1.54, 1.807) is 13.8 Å². The number of carbonyl (C=O) groups is 8. The maximum atomic E-state index is 16.4. The number of aliphatic hydroxyl groups excluding tert-OH is 6. The van der Waals surface area contributed by atoms with Crippen LogP contribution in [0.3, 0.4) is 0 Å². The van der Waals surface area contributed by atoms with Gasteiger partial charge in [0.15, 0.2) is 18.6 Å². The van der Waals surface area contributed by atoms with Gasteiger partial charge in [0.1, 0.15) is 94.9 Å². The monoisotopic (exact) mass is 1800 g/mol. The lowest BCUT2D eigenvalue weighted by atomic mass is 9.85. The van der Waals surface area contributed by atoms with Crippen LogP contribution in [0.25, 0.3) is 11.1 Å². The second-order valence-electron chi connectivity index (χ2n) is 32.4. The molecule has 680 valence electrons. The molecule has 0 saturated carbocycles. The number of primary amides is 1. The highest BCUT2D eigenvalue weighted by Crippen LogP contribution is 2.49. The number of hydrogen-bond donors (Lipinski definition) is 23. The SMILES string of the molecule is CCCCCCCCCCNCCN[C@@]1(C)C[C@H](O[C@H]2[C@H](OCc3c4cc5cc3Oc3ccc(cc3Cl)[C@@H](O)C[C@@H](NC(=O)[C@@H](CC(C)C)NC)C(=O)N[C@@H](CC(N)=O)C(=O)N[C@H]5C(=O)N[C@H]3C(=O)N[C@@H](C[C@H](O)c5ccc(c(Cl)c5)O4)C(=O)N[C@H](C(=O)O)c4cc(O)c(CNCP(=O)(O)O)c(O)c4-c4cc3ccc4O)O[C@H](CO)[C@@H](O)[C@@H]2O)O[C@@H](C)[C@H]1O. The van der Waals surface area contributed by atoms with E-state index in [1.807, 2.05) is 13.8 Å². The van der Waals surface area contributed by atoms with E-state index in [9.17, 15) is 79.8 Å². The summed E-state index contributed by atoms with van der Waals surface area (Å²) in [6.45, 7) is 8.45. The molecule has 18 atom stereocenters. The lowest BCUT2D eigenvalue weighted by Gasteiger charge is -2.48. The van der Waals surface area contributed by atoms with Gasteiger partial charge in [0.05, 0.1) is 77.6 Å². The van der Waals surface area contributed by atoms with Gasteiger partial charge >= 0.3 is 13.6 Å². The first-order valence-electron chi connectivity index (χ1n) is 41.1. The number of fused-ring (bicyclic) bond motifs is 17. The Labute approximate surface area is 724 Å². The summed E-state index contributed by atoms with van der Waals surface area (Å²) in [6.07, 6.45) is -10.00. The van der Waals surface area contributed by atoms with E-state index in [-0.39, 0.29) is 57.0 Å². The molecule has 124 heavy (non-hydrogen) atoms. The first-order chi connectivity index (χ1) is 58.8. The van der Waals surface area contributed by atoms with E-state index < -0.39 is 272 Å². The predicted octanol–water partition coefficient (Wildman–Crippen LogP) is 3.61. The fraction of sp³-hybridized carbons (Fsp3) is 0.542. The summed E-state index contributed by atoms with van der Waals surface area (Å²) in [5, 5.41) is 144. The van der Waals surface area contributed by atoms with Crippen LogP contribution in [-0.4, -0.2) is 227 Å². The molecule has 2 saturated heterocycles. The molecule has 0 aliphatic carbocycles. The van der Waals surface area contributed by atoms with E-state index in [2.05, 4.69) is 60.1 Å². The van der Waals surface area contributed by atoms with Crippen LogP contribution in [0.1, 0.15) is 187 Å². The third-order valence-corrected chi connectivity index (χ3v) is 23.7. The molecule has 2 fully saturated rings. The number of halogens is 2. The normalized spacial score (nSPS) is 26.6. The van der Waals surface area contributed by atoms with E-state index >= 15 is 24.0 Å². The number of likely N-dealkylation sites (N-methyl/N-ethyl adjacent to an activating group) is 1. The van der Waals surface area contributed by atoms with Gasteiger partial charge in [-0.15, -0.1) is 0 Å². The number of unbranched alkanes of at least 4 members (excludes halogenated alkanes) is 7. The molecule has 12 rings (SSSR count). The molecule has 7 heterocycles. The van der Waals surface area contributed by atoms with Crippen molar-refractivity contribution in [2.75, 3.05) is 39.6 Å². The summed E-state index contributed by atoms with van der Waals surface area (Å²) in [5.41, 5.74) is 1.09. The Hall–Kier alpha value is -8.97. The van der Waals surface area contributed by atoms with Crippen LogP contribution >= 0.6 is 30.8 Å². The topological polar surface area (TPSA) is 598 Å². The maximum absolute atomic E-state index is 16.4. The third kappa shape index (κ3) is 24.6. The largest absolute Gasteiger partial charge is 0.507 e. The highest BCUT2D eigenvalue weighted by Gasteiger charge is 2.51. The zero-order chi connectivity index (χ0) is 90.3. The minimum Gasteiger partial charge on any atom is -0.507 e. The molecule has 0 radical (unpaired) electrons. The number of carboxylic acid groups (broad SMARTS) is 1. The van der Waals surface area contributed by atoms with Gasteiger partial charge in [0, 0.05) is 61.1 Å². The van der Waals surface area contributed by atoms with Crippen LogP contribution in [0.4, 0.5) is 0 Å². The van der Waals surface area contributed by atoms with Crippen molar-refractivity contribution >= 4 is 78.1 Å². The molecule has 7 aliphatic heterocycles. The Bertz CT molecular complexity index is 4700. The molecule has 0 unspecified atom stereocenters. The van der Waals surface area contributed by atoms with Gasteiger partial charge in [-0.1, -0.05) is 107 Å². The van der Waals surface area contributed by atoms with Crippen LogP contribution in [0.2, 0.25) is 10.0 Å². The van der Waals surface area contributed by atoms with Gasteiger partial charge in [-0.25, -0.2) is 4.79 Å². The predicted molar refractivity (Wildman–Crippen MR) is 446 cm³/mol. The van der Waals surface area contributed by atoms with Crippen LogP contribution in [-0.2, 0) is 75.0 Å². The highest BCUT2D eigenvalue weighted by atomic mass is 35.5. The number of rotatable bonds is 31. The lowest BCUT2D eigenvalue weighted by molar-refractivity contribution is -0.350. The summed E-state index contributed by atoms with van der Waals surface area (Å²) < 4.78 is 51.3. The number of carbonyl (C=O) groups excluding carboxylic acids is 7. The number of nitrogens with two attached hydrogens (primary N) is 1. The average Bonchev–Trinajstić information content (AvgIpc) is 1.06. The van der Waals surface area contributed by atoms with Gasteiger partial charge in [0.25, 0.3) is 0 Å². The van der Waals surface area contributed by atoms with Gasteiger partial charge in [0.2, 0.25) is 41.4 Å². The number of ether oxygens (including phenoxy) is 6. The Kier molecular flexibility index (Phi) is 34.1.